The van der Waals surface area contributed by atoms with Gasteiger partial charge in [0, 0.05) is 49.3 Å². The molecule has 0 N–H and O–H groups in total. The monoisotopic (exact) mass is 689 g/mol. The van der Waals surface area contributed by atoms with Crippen LogP contribution in [0.1, 0.15) is 0 Å². The largest absolute Gasteiger partial charge is 0.309 e. The van der Waals surface area contributed by atoms with Gasteiger partial charge in [-0.15, -0.1) is 0 Å². The lowest BCUT2D eigenvalue weighted by Gasteiger charge is -2.13. The Morgan fingerprint density at radius 1 is 0.315 bits per heavy atom. The van der Waals surface area contributed by atoms with E-state index in [-0.39, 0.29) is 0 Å². The molecular weight excluding hydrogens is 659 g/mol. The zero-order valence-corrected chi connectivity index (χ0v) is 29.1. The second-order valence-electron chi connectivity index (χ2n) is 13.6. The van der Waals surface area contributed by atoms with Gasteiger partial charge in [0.2, 0.25) is 0 Å². The van der Waals surface area contributed by atoms with E-state index in [1.807, 2.05) is 60.7 Å². The maximum absolute atomic E-state index is 5.01. The van der Waals surface area contributed by atoms with Crippen LogP contribution in [0.2, 0.25) is 0 Å². The average Bonchev–Trinajstić information content (AvgIpc) is 3.77. The lowest BCUT2D eigenvalue weighted by molar-refractivity contribution is 1.07. The molecule has 5 heteroatoms. The molecule has 0 saturated heterocycles. The van der Waals surface area contributed by atoms with Crippen molar-refractivity contribution in [1.82, 2.24) is 24.1 Å². The average molecular weight is 690 g/mol. The molecule has 3 heterocycles. The highest BCUT2D eigenvalue weighted by atomic mass is 15.0. The topological polar surface area (TPSA) is 48.5 Å². The van der Waals surface area contributed by atoms with Gasteiger partial charge in [0.25, 0.3) is 0 Å². The molecule has 252 valence electrons. The summed E-state index contributed by atoms with van der Waals surface area (Å²) in [4.78, 5) is 14.9. The summed E-state index contributed by atoms with van der Waals surface area (Å²) in [6.07, 6.45) is 0. The molecule has 3 aromatic heterocycles. The Balaban J connectivity index is 1.13. The second kappa shape index (κ2) is 12.1. The lowest BCUT2D eigenvalue weighted by Crippen LogP contribution is -2.00. The molecule has 0 saturated carbocycles. The zero-order chi connectivity index (χ0) is 35.6. The van der Waals surface area contributed by atoms with Gasteiger partial charge >= 0.3 is 0 Å². The fraction of sp³-hybridized carbons (Fsp3) is 0. The number of rotatable bonds is 5. The summed E-state index contributed by atoms with van der Waals surface area (Å²) >= 11 is 0. The summed E-state index contributed by atoms with van der Waals surface area (Å²) in [6, 6.07) is 66.2. The van der Waals surface area contributed by atoms with Crippen molar-refractivity contribution in [3.8, 4) is 45.5 Å². The van der Waals surface area contributed by atoms with Gasteiger partial charge in [-0.2, -0.15) is 0 Å². The predicted octanol–water partition coefficient (Wildman–Crippen LogP) is 12.2. The van der Waals surface area contributed by atoms with Gasteiger partial charge < -0.3 is 9.13 Å². The van der Waals surface area contributed by atoms with Crippen molar-refractivity contribution in [3.05, 3.63) is 188 Å². The third-order valence-corrected chi connectivity index (χ3v) is 10.5. The van der Waals surface area contributed by atoms with Gasteiger partial charge in [-0.3, -0.25) is 0 Å². The van der Waals surface area contributed by atoms with E-state index in [0.29, 0.717) is 17.5 Å². The first-order valence-corrected chi connectivity index (χ1v) is 18.2. The molecule has 11 rings (SSSR count). The molecule has 8 aromatic carbocycles. The highest BCUT2D eigenvalue weighted by molar-refractivity contribution is 6.29. The summed E-state index contributed by atoms with van der Waals surface area (Å²) in [5, 5.41) is 7.26. The molecule has 0 aliphatic carbocycles. The highest BCUT2D eigenvalue weighted by Crippen LogP contribution is 2.43. The van der Waals surface area contributed by atoms with Crippen LogP contribution in [-0.4, -0.2) is 24.1 Å². The Labute approximate surface area is 311 Å². The van der Waals surface area contributed by atoms with Crippen LogP contribution in [0.5, 0.6) is 0 Å². The van der Waals surface area contributed by atoms with Crippen molar-refractivity contribution in [2.24, 2.45) is 0 Å². The van der Waals surface area contributed by atoms with Crippen LogP contribution < -0.4 is 0 Å². The molecule has 0 fully saturated rings. The van der Waals surface area contributed by atoms with Crippen LogP contribution in [0.15, 0.2) is 188 Å². The number of benzene rings is 8. The van der Waals surface area contributed by atoms with E-state index in [0.717, 1.165) is 38.8 Å². The maximum atomic E-state index is 5.01. The van der Waals surface area contributed by atoms with Gasteiger partial charge in [0.1, 0.15) is 0 Å². The molecule has 0 radical (unpaired) electrons. The van der Waals surface area contributed by atoms with E-state index < -0.39 is 0 Å². The third kappa shape index (κ3) is 4.69. The number of hydrogen-bond donors (Lipinski definition) is 0. The minimum atomic E-state index is 0.643. The zero-order valence-electron chi connectivity index (χ0n) is 29.1. The molecule has 11 aromatic rings. The first kappa shape index (κ1) is 30.3. The van der Waals surface area contributed by atoms with E-state index in [1.54, 1.807) is 0 Å². The highest BCUT2D eigenvalue weighted by Gasteiger charge is 2.21. The van der Waals surface area contributed by atoms with Crippen molar-refractivity contribution >= 4 is 54.4 Å². The maximum Gasteiger partial charge on any atom is 0.164 e. The SMILES string of the molecule is c1ccc(-c2nc(-c3ccccc3)nc(-c3ccc4c(-n5c6ccccc6c6c7c8ccccc8n(-c8ccccc8)c7ccc65)cccc4c3)n2)cc1. The van der Waals surface area contributed by atoms with Crippen LogP contribution in [0.25, 0.3) is 99.9 Å². The fourth-order valence-corrected chi connectivity index (χ4v) is 8.17. The number of para-hydroxylation sites is 3. The van der Waals surface area contributed by atoms with E-state index in [9.17, 15) is 0 Å². The Morgan fingerprint density at radius 3 is 1.43 bits per heavy atom. The first-order chi connectivity index (χ1) is 26.8. The van der Waals surface area contributed by atoms with Crippen LogP contribution in [0, 0.1) is 0 Å². The number of aromatic nitrogens is 5. The van der Waals surface area contributed by atoms with Gasteiger partial charge in [-0.05, 0) is 53.9 Å². The number of hydrogen-bond acceptors (Lipinski definition) is 3. The smallest absolute Gasteiger partial charge is 0.164 e. The Bertz CT molecular complexity index is 3140. The van der Waals surface area contributed by atoms with Gasteiger partial charge in [0.05, 0.1) is 27.8 Å². The van der Waals surface area contributed by atoms with Crippen molar-refractivity contribution < 1.29 is 0 Å². The van der Waals surface area contributed by atoms with Crippen molar-refractivity contribution in [1.29, 1.82) is 0 Å². The summed E-state index contributed by atoms with van der Waals surface area (Å²) in [5.74, 6) is 1.95. The summed E-state index contributed by atoms with van der Waals surface area (Å²) in [5.41, 5.74) is 9.87. The number of fused-ring (bicyclic) bond motifs is 8. The summed E-state index contributed by atoms with van der Waals surface area (Å²) in [6.45, 7) is 0. The van der Waals surface area contributed by atoms with Gasteiger partial charge in [-0.25, -0.2) is 15.0 Å². The van der Waals surface area contributed by atoms with Crippen LogP contribution in [0.3, 0.4) is 0 Å². The molecule has 0 spiro atoms. The summed E-state index contributed by atoms with van der Waals surface area (Å²) in [7, 11) is 0. The molecule has 0 atom stereocenters. The van der Waals surface area contributed by atoms with Crippen molar-refractivity contribution in [2.75, 3.05) is 0 Å². The van der Waals surface area contributed by atoms with Crippen LogP contribution in [0.4, 0.5) is 0 Å². The predicted molar refractivity (Wildman–Crippen MR) is 222 cm³/mol. The van der Waals surface area contributed by atoms with Crippen molar-refractivity contribution in [2.45, 2.75) is 0 Å². The van der Waals surface area contributed by atoms with Crippen molar-refractivity contribution in [3.63, 3.8) is 0 Å². The lowest BCUT2D eigenvalue weighted by atomic mass is 10.0. The molecule has 54 heavy (non-hydrogen) atoms. The summed E-state index contributed by atoms with van der Waals surface area (Å²) < 4.78 is 4.83. The normalized spacial score (nSPS) is 11.7. The second-order valence-corrected chi connectivity index (χ2v) is 13.6. The molecule has 0 aliphatic rings. The van der Waals surface area contributed by atoms with Gasteiger partial charge in [0.15, 0.2) is 17.5 Å². The Morgan fingerprint density at radius 2 is 0.815 bits per heavy atom. The molecule has 0 unspecified atom stereocenters. The van der Waals surface area contributed by atoms with E-state index in [2.05, 4.69) is 137 Å². The fourth-order valence-electron chi connectivity index (χ4n) is 8.17. The molecule has 5 nitrogen and oxygen atoms in total. The molecule has 0 bridgehead atoms. The number of nitrogens with zero attached hydrogens (tertiary/aromatic N) is 5. The third-order valence-electron chi connectivity index (χ3n) is 10.5. The molecule has 0 aliphatic heterocycles. The van der Waals surface area contributed by atoms with Gasteiger partial charge in [-0.1, -0.05) is 140 Å². The van der Waals surface area contributed by atoms with E-state index in [4.69, 9.17) is 15.0 Å². The van der Waals surface area contributed by atoms with E-state index in [1.165, 1.54) is 43.6 Å². The minimum Gasteiger partial charge on any atom is -0.309 e. The Hall–Kier alpha value is -7.37. The van der Waals surface area contributed by atoms with E-state index >= 15 is 0 Å². The quantitative estimate of drug-likeness (QED) is 0.181. The van der Waals surface area contributed by atoms with Crippen LogP contribution in [-0.2, 0) is 0 Å². The molecular formula is C49H31N5. The first-order valence-electron chi connectivity index (χ1n) is 18.2. The standard InChI is InChI=1S/C49H31N5/c1-4-15-32(16-5-1)47-50-48(33-17-6-2-7-18-33)52-49(51-47)35-27-28-37-34(31-35)19-14-26-40(37)54-42-25-13-11-23-39(42)46-44(54)30-29-43-45(46)38-22-10-12-24-41(38)53(43)36-20-8-3-9-21-36/h1-31H. The minimum absolute atomic E-state index is 0.643. The molecule has 0 amide bonds. The van der Waals surface area contributed by atoms with Crippen LogP contribution >= 0.6 is 0 Å². The Kier molecular flexibility index (Phi) is 6.79.